The van der Waals surface area contributed by atoms with Crippen molar-refractivity contribution in [2.75, 3.05) is 32.5 Å². The van der Waals surface area contributed by atoms with Crippen LogP contribution in [0.1, 0.15) is 0 Å². The molecule has 0 saturated heterocycles. The number of nitrogens with zero attached hydrogens (tertiary/aromatic N) is 4. The van der Waals surface area contributed by atoms with Crippen LogP contribution in [0, 0.1) is 0 Å². The molecule has 1 aromatic carbocycles. The lowest BCUT2D eigenvalue weighted by Crippen LogP contribution is -2.20. The summed E-state index contributed by atoms with van der Waals surface area (Å²) in [6.45, 7) is 1.95. The highest BCUT2D eigenvalue weighted by Crippen LogP contribution is 2.27. The van der Waals surface area contributed by atoms with Gasteiger partial charge in [0.15, 0.2) is 5.65 Å². The maximum absolute atomic E-state index is 9.55. The molecule has 0 aliphatic heterocycles. The van der Waals surface area contributed by atoms with Gasteiger partial charge in [0.05, 0.1) is 0 Å². The zero-order valence-electron chi connectivity index (χ0n) is 17.1. The van der Waals surface area contributed by atoms with Crippen molar-refractivity contribution in [3.05, 3.63) is 54.7 Å². The van der Waals surface area contributed by atoms with E-state index in [9.17, 15) is 9.59 Å². The summed E-state index contributed by atoms with van der Waals surface area (Å²) in [5.41, 5.74) is 4.12. The summed E-state index contributed by atoms with van der Waals surface area (Å²) >= 11 is 0. The fraction of sp³-hybridized carbons (Fsp3) is 0.238. The van der Waals surface area contributed by atoms with E-state index in [0.717, 1.165) is 41.1 Å². The van der Waals surface area contributed by atoms with E-state index in [1.165, 1.54) is 0 Å². The van der Waals surface area contributed by atoms with Gasteiger partial charge in [0.1, 0.15) is 5.69 Å². The molecular weight excluding hydrogens is 386 g/mol. The summed E-state index contributed by atoms with van der Waals surface area (Å²) in [6.07, 6.45) is 2.91. The molecule has 0 spiro atoms. The summed E-state index contributed by atoms with van der Waals surface area (Å²) in [6, 6.07) is 12.4. The Labute approximate surface area is 174 Å². The number of aromatic nitrogens is 3. The molecule has 0 amide bonds. The van der Waals surface area contributed by atoms with Crippen molar-refractivity contribution < 1.29 is 19.8 Å². The molecule has 2 heterocycles. The Bertz CT molecular complexity index is 1010. The molecule has 0 radical (unpaired) electrons. The van der Waals surface area contributed by atoms with Gasteiger partial charge in [0.2, 0.25) is 0 Å². The zero-order chi connectivity index (χ0) is 22.1. The first kappa shape index (κ1) is 22.6. The van der Waals surface area contributed by atoms with Crippen molar-refractivity contribution in [3.63, 3.8) is 0 Å². The molecule has 30 heavy (non-hydrogen) atoms. The third-order valence-corrected chi connectivity index (χ3v) is 4.01. The smallest absolute Gasteiger partial charge is 0.328 e. The van der Waals surface area contributed by atoms with Gasteiger partial charge in [-0.2, -0.15) is 5.10 Å². The van der Waals surface area contributed by atoms with Crippen LogP contribution < -0.4 is 5.32 Å². The van der Waals surface area contributed by atoms with E-state index >= 15 is 0 Å². The number of aliphatic carboxylic acids is 2. The van der Waals surface area contributed by atoms with Crippen molar-refractivity contribution in [2.24, 2.45) is 7.05 Å². The van der Waals surface area contributed by atoms with Gasteiger partial charge in [-0.05, 0) is 38.4 Å². The van der Waals surface area contributed by atoms with Gasteiger partial charge in [-0.15, -0.1) is 0 Å². The average Bonchev–Trinajstić information content (AvgIpc) is 3.04. The Morgan fingerprint density at radius 2 is 1.73 bits per heavy atom. The topological polar surface area (TPSA) is 121 Å². The van der Waals surface area contributed by atoms with Gasteiger partial charge in [-0.25, -0.2) is 19.3 Å². The molecule has 158 valence electrons. The van der Waals surface area contributed by atoms with Crippen molar-refractivity contribution in [1.29, 1.82) is 0 Å². The van der Waals surface area contributed by atoms with E-state index in [1.807, 2.05) is 17.8 Å². The van der Waals surface area contributed by atoms with Gasteiger partial charge in [-0.1, -0.05) is 12.1 Å². The van der Waals surface area contributed by atoms with Crippen LogP contribution >= 0.6 is 0 Å². The number of carboxylic acids is 2. The molecule has 3 aromatic rings. The summed E-state index contributed by atoms with van der Waals surface area (Å²) in [7, 11) is 6.08. The summed E-state index contributed by atoms with van der Waals surface area (Å²) < 4.78 is 1.83. The van der Waals surface area contributed by atoms with Crippen LogP contribution in [0.2, 0.25) is 0 Å². The van der Waals surface area contributed by atoms with Crippen LogP contribution in [0.4, 0.5) is 5.69 Å². The largest absolute Gasteiger partial charge is 0.478 e. The first-order valence-electron chi connectivity index (χ1n) is 9.18. The molecule has 0 saturated carbocycles. The summed E-state index contributed by atoms with van der Waals surface area (Å²) in [4.78, 5) is 25.7. The molecule has 0 unspecified atom stereocenters. The molecular formula is C21H25N5O4. The fourth-order valence-electron chi connectivity index (χ4n) is 2.62. The molecule has 2 aromatic heterocycles. The first-order valence-corrected chi connectivity index (χ1v) is 9.18. The Morgan fingerprint density at radius 3 is 2.30 bits per heavy atom. The number of likely N-dealkylation sites (N-methyl/N-ethyl adjacent to an activating group) is 1. The van der Waals surface area contributed by atoms with Gasteiger partial charge >= 0.3 is 11.9 Å². The third kappa shape index (κ3) is 6.71. The van der Waals surface area contributed by atoms with Crippen molar-refractivity contribution in [1.82, 2.24) is 19.7 Å². The second kappa shape index (κ2) is 10.7. The number of benzene rings is 1. The Hall–Kier alpha value is -3.72. The normalized spacial score (nSPS) is 10.8. The number of fused-ring (bicyclic) bond motifs is 1. The number of rotatable bonds is 7. The number of hydrogen-bond acceptors (Lipinski definition) is 6. The monoisotopic (exact) mass is 411 g/mol. The van der Waals surface area contributed by atoms with Crippen LogP contribution in [-0.4, -0.2) is 69.0 Å². The Kier molecular flexibility index (Phi) is 8.07. The first-order chi connectivity index (χ1) is 14.3. The minimum absolute atomic E-state index is 0.558. The van der Waals surface area contributed by atoms with Gasteiger partial charge in [0, 0.05) is 55.1 Å². The zero-order valence-corrected chi connectivity index (χ0v) is 17.1. The molecule has 0 fully saturated rings. The molecule has 3 rings (SSSR count). The lowest BCUT2D eigenvalue weighted by Gasteiger charge is -2.11. The quantitative estimate of drug-likeness (QED) is 0.507. The molecule has 0 aliphatic carbocycles. The fourth-order valence-corrected chi connectivity index (χ4v) is 2.62. The number of anilines is 1. The van der Waals surface area contributed by atoms with E-state index in [0.29, 0.717) is 12.2 Å². The number of carbonyl (C=O) groups is 2. The number of aryl methyl sites for hydroxylation is 1. The Balaban J connectivity index is 0.000000343. The summed E-state index contributed by atoms with van der Waals surface area (Å²) in [5, 5.41) is 24.7. The third-order valence-electron chi connectivity index (χ3n) is 4.01. The maximum Gasteiger partial charge on any atom is 0.328 e. The van der Waals surface area contributed by atoms with E-state index < -0.39 is 11.9 Å². The lowest BCUT2D eigenvalue weighted by atomic mass is 10.1. The number of pyridine rings is 1. The minimum atomic E-state index is -1.26. The minimum Gasteiger partial charge on any atom is -0.478 e. The molecule has 3 N–H and O–H groups in total. The number of nitrogens with one attached hydrogen (secondary N) is 1. The molecule has 0 atom stereocenters. The van der Waals surface area contributed by atoms with Crippen LogP contribution in [0.25, 0.3) is 22.3 Å². The lowest BCUT2D eigenvalue weighted by molar-refractivity contribution is -0.134. The van der Waals surface area contributed by atoms with E-state index in [2.05, 4.69) is 64.7 Å². The van der Waals surface area contributed by atoms with Gasteiger partial charge in [-0.3, -0.25) is 0 Å². The van der Waals surface area contributed by atoms with E-state index in [1.54, 1.807) is 6.20 Å². The van der Waals surface area contributed by atoms with Crippen LogP contribution in [0.5, 0.6) is 0 Å². The predicted octanol–water partition coefficient (Wildman–Crippen LogP) is 2.32. The summed E-state index contributed by atoms with van der Waals surface area (Å²) in [5.74, 6) is -2.51. The highest BCUT2D eigenvalue weighted by Gasteiger charge is 2.10. The molecule has 9 nitrogen and oxygen atoms in total. The van der Waals surface area contributed by atoms with E-state index in [-0.39, 0.29) is 0 Å². The number of carboxylic acid groups (broad SMARTS) is 2. The molecule has 0 bridgehead atoms. The SMILES string of the molecule is CN(C)CCNc1ccc(-c2nn(C)c3ncccc23)cc1.O=C(O)/C=C\C(=O)O. The second-order valence-corrected chi connectivity index (χ2v) is 6.66. The maximum atomic E-state index is 9.55. The van der Waals surface area contributed by atoms with Crippen molar-refractivity contribution in [3.8, 4) is 11.3 Å². The second-order valence-electron chi connectivity index (χ2n) is 6.66. The van der Waals surface area contributed by atoms with E-state index in [4.69, 9.17) is 10.2 Å². The van der Waals surface area contributed by atoms with Crippen LogP contribution in [-0.2, 0) is 16.6 Å². The molecule has 9 heteroatoms. The van der Waals surface area contributed by atoms with Crippen molar-refractivity contribution >= 4 is 28.7 Å². The highest BCUT2D eigenvalue weighted by atomic mass is 16.4. The molecule has 0 aliphatic rings. The van der Waals surface area contributed by atoms with Crippen molar-refractivity contribution in [2.45, 2.75) is 0 Å². The standard InChI is InChI=1S/C17H21N5.C4H4O4/c1-21(2)12-11-18-14-8-6-13(7-9-14)16-15-5-4-10-19-17(15)22(3)20-16;5-3(6)1-2-4(7)8/h4-10,18H,11-12H2,1-3H3;1-2H,(H,5,6)(H,7,8)/b;2-1-. The Morgan fingerprint density at radius 1 is 1.10 bits per heavy atom. The van der Waals surface area contributed by atoms with Crippen LogP contribution in [0.3, 0.4) is 0 Å². The average molecular weight is 411 g/mol. The van der Waals surface area contributed by atoms with Gasteiger partial charge < -0.3 is 20.4 Å². The number of hydrogen-bond donors (Lipinski definition) is 3. The predicted molar refractivity (Wildman–Crippen MR) is 115 cm³/mol. The highest BCUT2D eigenvalue weighted by molar-refractivity contribution is 5.91. The van der Waals surface area contributed by atoms with Crippen LogP contribution in [0.15, 0.2) is 54.7 Å². The van der Waals surface area contributed by atoms with Gasteiger partial charge in [0.25, 0.3) is 0 Å².